The number of rotatable bonds is 4. The summed E-state index contributed by atoms with van der Waals surface area (Å²) in [5, 5.41) is 22.2. The van der Waals surface area contributed by atoms with Gasteiger partial charge in [-0.3, -0.25) is 0 Å². The molecular formula is C13H13NO3S2. The summed E-state index contributed by atoms with van der Waals surface area (Å²) in [5.41, 5.74) is 1.02. The summed E-state index contributed by atoms with van der Waals surface area (Å²) in [6.07, 6.45) is -0.854. The number of thiazole rings is 1. The quantitative estimate of drug-likeness (QED) is 0.776. The van der Waals surface area contributed by atoms with Crippen LogP contribution in [0.15, 0.2) is 17.5 Å². The van der Waals surface area contributed by atoms with E-state index < -0.39 is 6.10 Å². The molecule has 2 heterocycles. The molecule has 2 aromatic heterocycles. The van der Waals surface area contributed by atoms with Crippen molar-refractivity contribution in [2.75, 3.05) is 13.2 Å². The van der Waals surface area contributed by atoms with Crippen LogP contribution in [0.5, 0.6) is 5.75 Å². The van der Waals surface area contributed by atoms with Crippen molar-refractivity contribution in [1.82, 2.24) is 4.98 Å². The fourth-order valence-corrected chi connectivity index (χ4v) is 3.78. The number of hydrogen-bond acceptors (Lipinski definition) is 6. The molecule has 4 nitrogen and oxygen atoms in total. The van der Waals surface area contributed by atoms with Gasteiger partial charge in [0.25, 0.3) is 0 Å². The molecule has 3 rings (SSSR count). The zero-order valence-electron chi connectivity index (χ0n) is 10.3. The Morgan fingerprint density at radius 3 is 3.11 bits per heavy atom. The molecule has 0 saturated heterocycles. The standard InChI is InChI=1S/C13H13NO3S2/c1-7-14-12-11(19-7)4-10(17-6-8(16)5-15)9-2-3-18-13(9)12/h2-4,8,15-16H,5-6H2,1H3. The van der Waals surface area contributed by atoms with E-state index in [4.69, 9.17) is 9.84 Å². The molecule has 0 aliphatic carbocycles. The highest BCUT2D eigenvalue weighted by Gasteiger charge is 2.13. The second-order valence-electron chi connectivity index (χ2n) is 4.27. The van der Waals surface area contributed by atoms with Gasteiger partial charge in [-0.1, -0.05) is 0 Å². The van der Waals surface area contributed by atoms with E-state index in [1.165, 1.54) is 0 Å². The number of aliphatic hydroxyl groups excluding tert-OH is 2. The van der Waals surface area contributed by atoms with Crippen molar-refractivity contribution in [3.63, 3.8) is 0 Å². The van der Waals surface area contributed by atoms with Gasteiger partial charge in [0.2, 0.25) is 0 Å². The number of aliphatic hydroxyl groups is 2. The van der Waals surface area contributed by atoms with Gasteiger partial charge >= 0.3 is 0 Å². The largest absolute Gasteiger partial charge is 0.490 e. The molecule has 0 aliphatic rings. The summed E-state index contributed by atoms with van der Waals surface area (Å²) in [5.74, 6) is 0.736. The lowest BCUT2D eigenvalue weighted by molar-refractivity contribution is 0.0541. The van der Waals surface area contributed by atoms with Gasteiger partial charge in [-0.25, -0.2) is 4.98 Å². The van der Waals surface area contributed by atoms with Crippen molar-refractivity contribution in [1.29, 1.82) is 0 Å². The van der Waals surface area contributed by atoms with Gasteiger partial charge in [-0.2, -0.15) is 0 Å². The Labute approximate surface area is 117 Å². The lowest BCUT2D eigenvalue weighted by atomic mass is 10.2. The first-order valence-electron chi connectivity index (χ1n) is 5.88. The maximum Gasteiger partial charge on any atom is 0.129 e. The monoisotopic (exact) mass is 295 g/mol. The van der Waals surface area contributed by atoms with Crippen molar-refractivity contribution in [3.05, 3.63) is 22.5 Å². The number of fused-ring (bicyclic) bond motifs is 3. The Kier molecular flexibility index (Phi) is 3.40. The van der Waals surface area contributed by atoms with E-state index in [1.807, 2.05) is 24.4 Å². The third kappa shape index (κ3) is 2.32. The maximum absolute atomic E-state index is 9.38. The summed E-state index contributed by atoms with van der Waals surface area (Å²) >= 11 is 3.26. The predicted octanol–water partition coefficient (Wildman–Crippen LogP) is 2.55. The zero-order chi connectivity index (χ0) is 13.4. The molecule has 0 radical (unpaired) electrons. The van der Waals surface area contributed by atoms with Crippen LogP contribution >= 0.6 is 22.7 Å². The molecule has 0 aliphatic heterocycles. The van der Waals surface area contributed by atoms with Crippen molar-refractivity contribution >= 4 is 43.0 Å². The summed E-state index contributed by atoms with van der Waals surface area (Å²) < 4.78 is 7.81. The van der Waals surface area contributed by atoms with Crippen LogP contribution in [0.4, 0.5) is 0 Å². The number of ether oxygens (including phenoxy) is 1. The Morgan fingerprint density at radius 1 is 1.47 bits per heavy atom. The molecule has 2 N–H and O–H groups in total. The lowest BCUT2D eigenvalue weighted by Gasteiger charge is -2.10. The Bertz CT molecular complexity index is 719. The molecule has 0 spiro atoms. The molecule has 0 fully saturated rings. The molecule has 100 valence electrons. The minimum absolute atomic E-state index is 0.0880. The van der Waals surface area contributed by atoms with Gasteiger partial charge in [0.1, 0.15) is 18.5 Å². The van der Waals surface area contributed by atoms with Crippen LogP contribution in [0, 0.1) is 6.92 Å². The molecule has 3 aromatic rings. The highest BCUT2D eigenvalue weighted by molar-refractivity contribution is 7.21. The fraction of sp³-hybridized carbons (Fsp3) is 0.308. The summed E-state index contributed by atoms with van der Waals surface area (Å²) in [6.45, 7) is 1.78. The minimum Gasteiger partial charge on any atom is -0.490 e. The van der Waals surface area contributed by atoms with Crippen molar-refractivity contribution in [2.24, 2.45) is 0 Å². The molecule has 1 atom stereocenters. The number of nitrogens with zero attached hydrogens (tertiary/aromatic N) is 1. The van der Waals surface area contributed by atoms with Gasteiger partial charge in [0, 0.05) is 11.5 Å². The molecule has 6 heteroatoms. The Morgan fingerprint density at radius 2 is 2.32 bits per heavy atom. The van der Waals surface area contributed by atoms with Crippen molar-refractivity contribution in [3.8, 4) is 5.75 Å². The number of thiophene rings is 1. The number of hydrogen-bond donors (Lipinski definition) is 2. The Hall–Kier alpha value is -1.21. The molecule has 0 saturated carbocycles. The van der Waals surface area contributed by atoms with E-state index in [9.17, 15) is 5.11 Å². The van der Waals surface area contributed by atoms with Gasteiger partial charge in [0.05, 0.1) is 26.5 Å². The van der Waals surface area contributed by atoms with Crippen molar-refractivity contribution in [2.45, 2.75) is 13.0 Å². The molecular weight excluding hydrogens is 282 g/mol. The fourth-order valence-electron chi connectivity index (χ4n) is 1.94. The van der Waals surface area contributed by atoms with E-state index in [0.717, 1.165) is 31.1 Å². The summed E-state index contributed by atoms with van der Waals surface area (Å²) in [4.78, 5) is 4.55. The average Bonchev–Trinajstić information content (AvgIpc) is 3.00. The molecule has 0 amide bonds. The van der Waals surface area contributed by atoms with Crippen LogP contribution < -0.4 is 4.74 Å². The van der Waals surface area contributed by atoms with Gasteiger partial charge in [-0.15, -0.1) is 22.7 Å². The first-order valence-corrected chi connectivity index (χ1v) is 7.57. The van der Waals surface area contributed by atoms with E-state index in [1.54, 1.807) is 22.7 Å². The van der Waals surface area contributed by atoms with E-state index >= 15 is 0 Å². The van der Waals surface area contributed by atoms with E-state index in [0.29, 0.717) is 0 Å². The summed E-state index contributed by atoms with van der Waals surface area (Å²) in [6, 6.07) is 3.95. The van der Waals surface area contributed by atoms with E-state index in [-0.39, 0.29) is 13.2 Å². The van der Waals surface area contributed by atoms with Crippen LogP contribution in [0.3, 0.4) is 0 Å². The maximum atomic E-state index is 9.38. The highest BCUT2D eigenvalue weighted by Crippen LogP contribution is 2.38. The molecule has 19 heavy (non-hydrogen) atoms. The van der Waals surface area contributed by atoms with Gasteiger partial charge in [-0.05, 0) is 18.4 Å². The second kappa shape index (κ2) is 5.05. The number of benzene rings is 1. The smallest absolute Gasteiger partial charge is 0.129 e. The van der Waals surface area contributed by atoms with Crippen LogP contribution in [0.1, 0.15) is 5.01 Å². The third-order valence-electron chi connectivity index (χ3n) is 2.81. The zero-order valence-corrected chi connectivity index (χ0v) is 11.9. The topological polar surface area (TPSA) is 62.6 Å². The third-order valence-corrected chi connectivity index (χ3v) is 4.65. The SMILES string of the molecule is Cc1nc2c(cc(OCC(O)CO)c3ccsc32)s1. The van der Waals surface area contributed by atoms with E-state index in [2.05, 4.69) is 4.98 Å². The van der Waals surface area contributed by atoms with Crippen LogP contribution in [-0.4, -0.2) is 34.5 Å². The molecule has 0 bridgehead atoms. The number of aryl methyl sites for hydroxylation is 1. The normalized spacial score (nSPS) is 13.2. The van der Waals surface area contributed by atoms with Crippen LogP contribution in [0.2, 0.25) is 0 Å². The Balaban J connectivity index is 2.08. The summed E-state index contributed by atoms with van der Waals surface area (Å²) in [7, 11) is 0. The predicted molar refractivity (Wildman–Crippen MR) is 78.3 cm³/mol. The average molecular weight is 295 g/mol. The number of aromatic nitrogens is 1. The second-order valence-corrected chi connectivity index (χ2v) is 6.42. The minimum atomic E-state index is -0.854. The van der Waals surface area contributed by atoms with Crippen LogP contribution in [-0.2, 0) is 0 Å². The van der Waals surface area contributed by atoms with Crippen molar-refractivity contribution < 1.29 is 14.9 Å². The first-order chi connectivity index (χ1) is 9.19. The van der Waals surface area contributed by atoms with Gasteiger partial charge < -0.3 is 14.9 Å². The van der Waals surface area contributed by atoms with Crippen LogP contribution in [0.25, 0.3) is 20.3 Å². The molecule has 1 unspecified atom stereocenters. The first kappa shape index (κ1) is 12.8. The van der Waals surface area contributed by atoms with Gasteiger partial charge in [0.15, 0.2) is 0 Å². The lowest BCUT2D eigenvalue weighted by Crippen LogP contribution is -2.21. The molecule has 1 aromatic carbocycles. The highest BCUT2D eigenvalue weighted by atomic mass is 32.1.